The van der Waals surface area contributed by atoms with Crippen LogP contribution in [0.25, 0.3) is 0 Å². The highest BCUT2D eigenvalue weighted by Crippen LogP contribution is 2.41. The lowest BCUT2D eigenvalue weighted by molar-refractivity contribution is -0.137. The Morgan fingerprint density at radius 3 is 2.55 bits per heavy atom. The van der Waals surface area contributed by atoms with Gasteiger partial charge < -0.3 is 4.90 Å². The lowest BCUT2D eigenvalue weighted by Crippen LogP contribution is -2.29. The Morgan fingerprint density at radius 2 is 2.05 bits per heavy atom. The van der Waals surface area contributed by atoms with Crippen molar-refractivity contribution in [1.82, 2.24) is 4.98 Å². The normalized spacial score (nSPS) is 23.7. The number of anilines is 1. The van der Waals surface area contributed by atoms with Crippen molar-refractivity contribution in [1.29, 1.82) is 0 Å². The van der Waals surface area contributed by atoms with Gasteiger partial charge in [0, 0.05) is 19.3 Å². The molecule has 0 unspecified atom stereocenters. The first-order chi connectivity index (χ1) is 9.13. The second-order valence-electron chi connectivity index (χ2n) is 6.00. The summed E-state index contributed by atoms with van der Waals surface area (Å²) in [7, 11) is 0. The quantitative estimate of drug-likeness (QED) is 0.792. The third-order valence-electron chi connectivity index (χ3n) is 4.37. The molecular weight excluding hydrogens is 289 g/mol. The Labute approximate surface area is 121 Å². The highest BCUT2D eigenvalue weighted by molar-refractivity contribution is 6.31. The molecule has 0 N–H and O–H groups in total. The van der Waals surface area contributed by atoms with Crippen LogP contribution < -0.4 is 4.90 Å². The molecule has 0 aliphatic carbocycles. The lowest BCUT2D eigenvalue weighted by Gasteiger charge is -2.29. The molecule has 0 saturated carbocycles. The average Bonchev–Trinajstić information content (AvgIpc) is 2.72. The number of rotatable bonds is 2. The molecule has 0 aromatic carbocycles. The summed E-state index contributed by atoms with van der Waals surface area (Å²) in [6.45, 7) is 7.88. The van der Waals surface area contributed by atoms with Crippen LogP contribution in [0.2, 0.25) is 5.02 Å². The van der Waals surface area contributed by atoms with E-state index in [0.29, 0.717) is 11.7 Å². The molecule has 2 nitrogen and oxygen atoms in total. The summed E-state index contributed by atoms with van der Waals surface area (Å²) in [4.78, 5) is 5.96. The molecule has 1 saturated heterocycles. The van der Waals surface area contributed by atoms with E-state index in [1.54, 1.807) is 0 Å². The van der Waals surface area contributed by atoms with E-state index in [0.717, 1.165) is 31.8 Å². The second kappa shape index (κ2) is 5.10. The number of pyridine rings is 1. The van der Waals surface area contributed by atoms with Crippen molar-refractivity contribution >= 4 is 17.4 Å². The van der Waals surface area contributed by atoms with Crippen molar-refractivity contribution in [3.63, 3.8) is 0 Å². The van der Waals surface area contributed by atoms with Gasteiger partial charge in [-0.05, 0) is 23.8 Å². The monoisotopic (exact) mass is 306 g/mol. The van der Waals surface area contributed by atoms with Crippen molar-refractivity contribution in [3.05, 3.63) is 22.8 Å². The Morgan fingerprint density at radius 1 is 1.40 bits per heavy atom. The second-order valence-corrected chi connectivity index (χ2v) is 6.41. The maximum Gasteiger partial charge on any atom is 0.418 e. The Bertz CT molecular complexity index is 502. The predicted molar refractivity (Wildman–Crippen MR) is 74.0 cm³/mol. The van der Waals surface area contributed by atoms with Gasteiger partial charge in [0.15, 0.2) is 0 Å². The van der Waals surface area contributed by atoms with E-state index in [9.17, 15) is 13.2 Å². The molecule has 0 bridgehead atoms. The summed E-state index contributed by atoms with van der Waals surface area (Å²) in [6, 6.07) is 1.05. The van der Waals surface area contributed by atoms with Crippen LogP contribution in [-0.4, -0.2) is 18.1 Å². The molecule has 6 heteroatoms. The third-order valence-corrected chi connectivity index (χ3v) is 4.67. The molecule has 1 atom stereocenters. The zero-order valence-corrected chi connectivity index (χ0v) is 12.5. The van der Waals surface area contributed by atoms with E-state index in [1.165, 1.54) is 0 Å². The standard InChI is InChI=1S/C14H18ClF3N2/c1-9(2)13(3)4-5-20(8-13)12-6-10(14(16,17)18)11(15)7-19-12/h6-7,9H,4-5,8H2,1-3H3/t13-/m0/s1. The summed E-state index contributed by atoms with van der Waals surface area (Å²) >= 11 is 5.59. The molecule has 1 aromatic rings. The van der Waals surface area contributed by atoms with Crippen LogP contribution in [-0.2, 0) is 6.18 Å². The molecule has 20 heavy (non-hydrogen) atoms. The fourth-order valence-electron chi connectivity index (χ4n) is 2.47. The molecular formula is C14H18ClF3N2. The topological polar surface area (TPSA) is 16.1 Å². The molecule has 1 aromatic heterocycles. The Kier molecular flexibility index (Phi) is 3.93. The van der Waals surface area contributed by atoms with Gasteiger partial charge in [-0.15, -0.1) is 0 Å². The first kappa shape index (κ1) is 15.4. The first-order valence-electron chi connectivity index (χ1n) is 6.61. The van der Waals surface area contributed by atoms with E-state index < -0.39 is 11.7 Å². The number of alkyl halides is 3. The summed E-state index contributed by atoms with van der Waals surface area (Å²) in [5, 5.41) is -0.355. The van der Waals surface area contributed by atoms with Crippen LogP contribution in [0.4, 0.5) is 19.0 Å². The third kappa shape index (κ3) is 2.87. The highest BCUT2D eigenvalue weighted by Gasteiger charge is 2.38. The maximum absolute atomic E-state index is 12.9. The van der Waals surface area contributed by atoms with Crippen molar-refractivity contribution in [2.45, 2.75) is 33.4 Å². The molecule has 0 amide bonds. The van der Waals surface area contributed by atoms with Crippen LogP contribution >= 0.6 is 11.6 Å². The predicted octanol–water partition coefficient (Wildman–Crippen LogP) is 4.63. The summed E-state index contributed by atoms with van der Waals surface area (Å²) < 4.78 is 38.6. The van der Waals surface area contributed by atoms with E-state index in [4.69, 9.17) is 11.6 Å². The van der Waals surface area contributed by atoms with Crippen LogP contribution in [0.15, 0.2) is 12.3 Å². The van der Waals surface area contributed by atoms with Gasteiger partial charge in [0.2, 0.25) is 0 Å². The van der Waals surface area contributed by atoms with Crippen molar-refractivity contribution < 1.29 is 13.2 Å². The van der Waals surface area contributed by atoms with Crippen molar-refractivity contribution in [2.75, 3.05) is 18.0 Å². The SMILES string of the molecule is CC(C)[C@@]1(C)CCN(c2cc(C(F)(F)F)c(Cl)cn2)C1. The Hall–Kier alpha value is -0.970. The van der Waals surface area contributed by atoms with E-state index in [2.05, 4.69) is 25.8 Å². The summed E-state index contributed by atoms with van der Waals surface area (Å²) in [5.41, 5.74) is -0.706. The number of halogens is 4. The van der Waals surface area contributed by atoms with Gasteiger partial charge >= 0.3 is 6.18 Å². The maximum atomic E-state index is 12.9. The number of nitrogens with zero attached hydrogens (tertiary/aromatic N) is 2. The fraction of sp³-hybridized carbons (Fsp3) is 0.643. The molecule has 1 aliphatic rings. The molecule has 2 heterocycles. The molecule has 112 valence electrons. The minimum atomic E-state index is -4.45. The smallest absolute Gasteiger partial charge is 0.356 e. The lowest BCUT2D eigenvalue weighted by atomic mass is 9.78. The molecule has 2 rings (SSSR count). The van der Waals surface area contributed by atoms with Gasteiger partial charge in [-0.1, -0.05) is 32.4 Å². The van der Waals surface area contributed by atoms with Gasteiger partial charge in [0.25, 0.3) is 0 Å². The summed E-state index contributed by atoms with van der Waals surface area (Å²) in [6.07, 6.45) is -2.41. The first-order valence-corrected chi connectivity index (χ1v) is 6.99. The number of hydrogen-bond acceptors (Lipinski definition) is 2. The van der Waals surface area contributed by atoms with Gasteiger partial charge in [-0.2, -0.15) is 13.2 Å². The fourth-order valence-corrected chi connectivity index (χ4v) is 2.68. The van der Waals surface area contributed by atoms with Crippen LogP contribution in [0.3, 0.4) is 0 Å². The van der Waals surface area contributed by atoms with Gasteiger partial charge in [-0.3, -0.25) is 0 Å². The van der Waals surface area contributed by atoms with E-state index >= 15 is 0 Å². The minimum absolute atomic E-state index is 0.111. The number of hydrogen-bond donors (Lipinski definition) is 0. The highest BCUT2D eigenvalue weighted by atomic mass is 35.5. The van der Waals surface area contributed by atoms with Crippen molar-refractivity contribution in [2.24, 2.45) is 11.3 Å². The van der Waals surface area contributed by atoms with Crippen LogP contribution in [0, 0.1) is 11.3 Å². The van der Waals surface area contributed by atoms with Gasteiger partial charge in [0.1, 0.15) is 5.82 Å². The zero-order chi connectivity index (χ0) is 15.1. The molecule has 0 radical (unpaired) electrons. The van der Waals surface area contributed by atoms with Crippen LogP contribution in [0.1, 0.15) is 32.8 Å². The van der Waals surface area contributed by atoms with Crippen molar-refractivity contribution in [3.8, 4) is 0 Å². The molecule has 1 aliphatic heterocycles. The van der Waals surface area contributed by atoms with Gasteiger partial charge in [0.05, 0.1) is 10.6 Å². The molecule has 0 spiro atoms. The average molecular weight is 307 g/mol. The van der Waals surface area contributed by atoms with Gasteiger partial charge in [-0.25, -0.2) is 4.98 Å². The zero-order valence-electron chi connectivity index (χ0n) is 11.8. The summed E-state index contributed by atoms with van der Waals surface area (Å²) in [5.74, 6) is 0.827. The van der Waals surface area contributed by atoms with E-state index in [1.807, 2.05) is 4.90 Å². The Balaban J connectivity index is 2.28. The number of aromatic nitrogens is 1. The largest absolute Gasteiger partial charge is 0.418 e. The van der Waals surface area contributed by atoms with E-state index in [-0.39, 0.29) is 10.4 Å². The minimum Gasteiger partial charge on any atom is -0.356 e. The van der Waals surface area contributed by atoms with Crippen LogP contribution in [0.5, 0.6) is 0 Å². The molecule has 1 fully saturated rings.